The number of anilines is 3. The van der Waals surface area contributed by atoms with Crippen LogP contribution in [0.5, 0.6) is 5.75 Å². The van der Waals surface area contributed by atoms with E-state index in [1.54, 1.807) is 36.4 Å². The van der Waals surface area contributed by atoms with Crippen LogP contribution in [0.4, 0.5) is 23.0 Å². The van der Waals surface area contributed by atoms with Gasteiger partial charge in [0.15, 0.2) is 0 Å². The predicted octanol–water partition coefficient (Wildman–Crippen LogP) is 2.68. The molecular formula is C18H17N7O4. The summed E-state index contributed by atoms with van der Waals surface area (Å²) in [5, 5.41) is 14.5. The number of hydrazine groups is 1. The zero-order valence-electron chi connectivity index (χ0n) is 15.3. The first-order valence-corrected chi connectivity index (χ1v) is 8.54. The second-order valence-corrected chi connectivity index (χ2v) is 5.58. The van der Waals surface area contributed by atoms with Crippen molar-refractivity contribution in [2.75, 3.05) is 17.3 Å². The standard InChI is InChI=1S/C18H17N7O4/c1-2-29-14-7-5-13(6-8-14)22-16-15(25(27)28)17(21-11-20-16)23-24-18(26)12-4-3-9-19-10-12/h3-11H,2H2,1H3,(H,24,26)(H2,20,21,22,23). The molecule has 0 fully saturated rings. The summed E-state index contributed by atoms with van der Waals surface area (Å²) in [6.45, 7) is 2.40. The third-order valence-electron chi connectivity index (χ3n) is 3.65. The van der Waals surface area contributed by atoms with Crippen LogP contribution in [0.3, 0.4) is 0 Å². The van der Waals surface area contributed by atoms with E-state index in [0.717, 1.165) is 6.33 Å². The van der Waals surface area contributed by atoms with Crippen molar-refractivity contribution in [3.05, 3.63) is 70.8 Å². The van der Waals surface area contributed by atoms with E-state index in [-0.39, 0.29) is 17.2 Å². The van der Waals surface area contributed by atoms with E-state index < -0.39 is 16.5 Å². The third kappa shape index (κ3) is 4.91. The molecule has 3 rings (SSSR count). The number of carbonyl (C=O) groups excluding carboxylic acids is 1. The number of ether oxygens (including phenoxy) is 1. The molecule has 11 nitrogen and oxygen atoms in total. The Balaban J connectivity index is 1.78. The molecule has 0 bridgehead atoms. The van der Waals surface area contributed by atoms with Crippen LogP contribution >= 0.6 is 0 Å². The maximum Gasteiger partial charge on any atom is 0.355 e. The zero-order chi connectivity index (χ0) is 20.6. The zero-order valence-corrected chi connectivity index (χ0v) is 15.3. The number of nitrogens with zero attached hydrogens (tertiary/aromatic N) is 4. The Labute approximate surface area is 165 Å². The fourth-order valence-electron chi connectivity index (χ4n) is 2.36. The third-order valence-corrected chi connectivity index (χ3v) is 3.65. The molecular weight excluding hydrogens is 378 g/mol. The van der Waals surface area contributed by atoms with Crippen LogP contribution in [0.15, 0.2) is 55.1 Å². The molecule has 2 aromatic heterocycles. The molecule has 0 radical (unpaired) electrons. The lowest BCUT2D eigenvalue weighted by atomic mass is 10.3. The largest absolute Gasteiger partial charge is 0.494 e. The van der Waals surface area contributed by atoms with E-state index in [4.69, 9.17) is 4.74 Å². The topological polar surface area (TPSA) is 144 Å². The highest BCUT2D eigenvalue weighted by Crippen LogP contribution is 2.31. The van der Waals surface area contributed by atoms with E-state index in [0.29, 0.717) is 18.0 Å². The van der Waals surface area contributed by atoms with Gasteiger partial charge in [-0.25, -0.2) is 9.97 Å². The number of nitro groups is 1. The number of hydrogen-bond acceptors (Lipinski definition) is 9. The summed E-state index contributed by atoms with van der Waals surface area (Å²) in [6.07, 6.45) is 4.03. The minimum Gasteiger partial charge on any atom is -0.494 e. The lowest BCUT2D eigenvalue weighted by Gasteiger charge is -2.11. The molecule has 148 valence electrons. The predicted molar refractivity (Wildman–Crippen MR) is 105 cm³/mol. The summed E-state index contributed by atoms with van der Waals surface area (Å²) >= 11 is 0. The van der Waals surface area contributed by atoms with E-state index in [2.05, 4.69) is 31.1 Å². The van der Waals surface area contributed by atoms with Gasteiger partial charge in [-0.15, -0.1) is 0 Å². The molecule has 1 amide bonds. The van der Waals surface area contributed by atoms with Crippen molar-refractivity contribution >= 4 is 28.9 Å². The first-order valence-electron chi connectivity index (χ1n) is 8.54. The molecule has 0 aliphatic heterocycles. The number of aromatic nitrogens is 3. The monoisotopic (exact) mass is 395 g/mol. The van der Waals surface area contributed by atoms with Crippen molar-refractivity contribution in [1.29, 1.82) is 0 Å². The molecule has 0 atom stereocenters. The van der Waals surface area contributed by atoms with Gasteiger partial charge in [0, 0.05) is 18.1 Å². The van der Waals surface area contributed by atoms with Gasteiger partial charge in [-0.2, -0.15) is 0 Å². The average Bonchev–Trinajstić information content (AvgIpc) is 2.74. The molecule has 29 heavy (non-hydrogen) atoms. The number of amides is 1. The lowest BCUT2D eigenvalue weighted by Crippen LogP contribution is -2.30. The molecule has 0 saturated heterocycles. The number of benzene rings is 1. The van der Waals surface area contributed by atoms with Crippen LogP contribution in [0.25, 0.3) is 0 Å². The maximum atomic E-state index is 12.1. The minimum absolute atomic E-state index is 0.0349. The van der Waals surface area contributed by atoms with Crippen LogP contribution < -0.4 is 20.9 Å². The second-order valence-electron chi connectivity index (χ2n) is 5.58. The second kappa shape index (κ2) is 9.08. The Kier molecular flexibility index (Phi) is 6.10. The molecule has 11 heteroatoms. The van der Waals surface area contributed by atoms with Crippen LogP contribution in [0.1, 0.15) is 17.3 Å². The van der Waals surface area contributed by atoms with E-state index >= 15 is 0 Å². The molecule has 3 N–H and O–H groups in total. The smallest absolute Gasteiger partial charge is 0.355 e. The Morgan fingerprint density at radius 1 is 1.17 bits per heavy atom. The molecule has 0 aliphatic carbocycles. The number of rotatable bonds is 8. The van der Waals surface area contributed by atoms with Crippen molar-refractivity contribution in [3.63, 3.8) is 0 Å². The number of pyridine rings is 1. The number of nitrogens with one attached hydrogen (secondary N) is 3. The van der Waals surface area contributed by atoms with Gasteiger partial charge in [0.25, 0.3) is 5.91 Å². The van der Waals surface area contributed by atoms with Crippen LogP contribution in [-0.2, 0) is 0 Å². The van der Waals surface area contributed by atoms with Gasteiger partial charge in [0.2, 0.25) is 11.6 Å². The summed E-state index contributed by atoms with van der Waals surface area (Å²) in [6, 6.07) is 10.0. The summed E-state index contributed by atoms with van der Waals surface area (Å²) in [7, 11) is 0. The van der Waals surface area contributed by atoms with Crippen molar-refractivity contribution in [2.24, 2.45) is 0 Å². The highest BCUT2D eigenvalue weighted by Gasteiger charge is 2.23. The van der Waals surface area contributed by atoms with Crippen molar-refractivity contribution in [2.45, 2.75) is 6.92 Å². The first kappa shape index (κ1) is 19.5. The van der Waals surface area contributed by atoms with Crippen molar-refractivity contribution in [1.82, 2.24) is 20.4 Å². The SMILES string of the molecule is CCOc1ccc(Nc2ncnc(NNC(=O)c3cccnc3)c2[N+](=O)[O-])cc1. The summed E-state index contributed by atoms with van der Waals surface area (Å²) in [5.41, 5.74) is 5.25. The van der Waals surface area contributed by atoms with Crippen molar-refractivity contribution in [3.8, 4) is 5.75 Å². The van der Waals surface area contributed by atoms with Gasteiger partial charge < -0.3 is 10.1 Å². The Morgan fingerprint density at radius 3 is 2.59 bits per heavy atom. The van der Waals surface area contributed by atoms with Crippen LogP contribution in [0.2, 0.25) is 0 Å². The molecule has 1 aromatic carbocycles. The van der Waals surface area contributed by atoms with Crippen LogP contribution in [-0.4, -0.2) is 32.4 Å². The number of carbonyl (C=O) groups is 1. The fourth-order valence-corrected chi connectivity index (χ4v) is 2.36. The van der Waals surface area contributed by atoms with Gasteiger partial charge in [0.1, 0.15) is 12.1 Å². The Bertz CT molecular complexity index is 997. The highest BCUT2D eigenvalue weighted by molar-refractivity contribution is 5.94. The van der Waals surface area contributed by atoms with Crippen molar-refractivity contribution < 1.29 is 14.5 Å². The quantitative estimate of drug-likeness (QED) is 0.387. The Hall–Kier alpha value is -4.28. The fraction of sp³-hybridized carbons (Fsp3) is 0.111. The van der Waals surface area contributed by atoms with Gasteiger partial charge in [-0.1, -0.05) is 0 Å². The molecule has 0 saturated carbocycles. The molecule has 2 heterocycles. The van der Waals surface area contributed by atoms with Gasteiger partial charge in [-0.05, 0) is 43.3 Å². The highest BCUT2D eigenvalue weighted by atomic mass is 16.6. The van der Waals surface area contributed by atoms with Gasteiger partial charge in [-0.3, -0.25) is 30.7 Å². The van der Waals surface area contributed by atoms with Gasteiger partial charge >= 0.3 is 5.69 Å². The Morgan fingerprint density at radius 2 is 1.93 bits per heavy atom. The molecule has 0 unspecified atom stereocenters. The maximum absolute atomic E-state index is 12.1. The van der Waals surface area contributed by atoms with Gasteiger partial charge in [0.05, 0.1) is 17.1 Å². The normalized spacial score (nSPS) is 10.1. The summed E-state index contributed by atoms with van der Waals surface area (Å²) < 4.78 is 5.37. The lowest BCUT2D eigenvalue weighted by molar-refractivity contribution is -0.383. The summed E-state index contributed by atoms with van der Waals surface area (Å²) in [4.78, 5) is 34.7. The van der Waals surface area contributed by atoms with E-state index in [1.165, 1.54) is 12.4 Å². The molecule has 0 spiro atoms. The average molecular weight is 395 g/mol. The van der Waals surface area contributed by atoms with E-state index in [1.807, 2.05) is 6.92 Å². The van der Waals surface area contributed by atoms with E-state index in [9.17, 15) is 14.9 Å². The molecule has 0 aliphatic rings. The minimum atomic E-state index is -0.643. The first-order chi connectivity index (χ1) is 14.1. The molecule has 3 aromatic rings. The summed E-state index contributed by atoms with van der Waals surface area (Å²) in [5.74, 6) is -0.0503. The van der Waals surface area contributed by atoms with Crippen LogP contribution in [0, 0.1) is 10.1 Å². The number of hydrogen-bond donors (Lipinski definition) is 3.